The first-order valence-corrected chi connectivity index (χ1v) is 5.48. The molecule has 0 unspecified atom stereocenters. The molecule has 1 amide bonds. The lowest BCUT2D eigenvalue weighted by Gasteiger charge is -2.27. The summed E-state index contributed by atoms with van der Waals surface area (Å²) in [6.07, 6.45) is 0.908. The van der Waals surface area contributed by atoms with Crippen molar-refractivity contribution in [3.63, 3.8) is 0 Å². The van der Waals surface area contributed by atoms with Crippen LogP contribution in [0.5, 0.6) is 0 Å². The molecule has 1 atom stereocenters. The molecule has 0 aliphatic carbocycles. The van der Waals surface area contributed by atoms with Gasteiger partial charge in [0.05, 0.1) is 6.04 Å². The van der Waals surface area contributed by atoms with Gasteiger partial charge >= 0.3 is 6.09 Å². The molecule has 16 heavy (non-hydrogen) atoms. The average molecular weight is 229 g/mol. The van der Waals surface area contributed by atoms with Gasteiger partial charge in [0.15, 0.2) is 5.78 Å². The van der Waals surface area contributed by atoms with Crippen molar-refractivity contribution < 1.29 is 19.4 Å². The Bertz CT molecular complexity index is 282. The van der Waals surface area contributed by atoms with Crippen molar-refractivity contribution >= 4 is 11.9 Å². The van der Waals surface area contributed by atoms with Gasteiger partial charge in [0.1, 0.15) is 12.2 Å². The van der Waals surface area contributed by atoms with E-state index in [0.29, 0.717) is 13.0 Å². The summed E-state index contributed by atoms with van der Waals surface area (Å²) in [5.41, 5.74) is -0.563. The quantitative estimate of drug-likeness (QED) is 0.765. The number of Topliss-reactive ketones (excluding diaryl/α,β-unsaturated/α-hetero) is 1. The Balaban J connectivity index is 2.65. The monoisotopic (exact) mass is 229 g/mol. The molecular formula is C11H19NO4. The Morgan fingerprint density at radius 3 is 2.56 bits per heavy atom. The van der Waals surface area contributed by atoms with Crippen molar-refractivity contribution in [2.45, 2.75) is 45.3 Å². The Labute approximate surface area is 95.4 Å². The minimum Gasteiger partial charge on any atom is -0.444 e. The molecule has 0 saturated carbocycles. The van der Waals surface area contributed by atoms with Gasteiger partial charge in [0.25, 0.3) is 0 Å². The van der Waals surface area contributed by atoms with Crippen LogP contribution in [0, 0.1) is 0 Å². The van der Waals surface area contributed by atoms with Crippen LogP contribution >= 0.6 is 0 Å². The van der Waals surface area contributed by atoms with E-state index in [2.05, 4.69) is 0 Å². The highest BCUT2D eigenvalue weighted by Crippen LogP contribution is 2.21. The lowest BCUT2D eigenvalue weighted by Crippen LogP contribution is -2.44. The van der Waals surface area contributed by atoms with Crippen molar-refractivity contribution in [2.24, 2.45) is 0 Å². The second kappa shape index (κ2) is 4.82. The third-order valence-corrected chi connectivity index (χ3v) is 2.41. The van der Waals surface area contributed by atoms with Crippen molar-refractivity contribution in [3.05, 3.63) is 0 Å². The third-order valence-electron chi connectivity index (χ3n) is 2.41. The fourth-order valence-electron chi connectivity index (χ4n) is 1.75. The van der Waals surface area contributed by atoms with Crippen LogP contribution < -0.4 is 0 Å². The molecule has 1 heterocycles. The summed E-state index contributed by atoms with van der Waals surface area (Å²) in [6.45, 7) is 5.34. The Kier molecular flexibility index (Phi) is 3.91. The highest BCUT2D eigenvalue weighted by Gasteiger charge is 2.35. The smallest absolute Gasteiger partial charge is 0.410 e. The standard InChI is InChI=1S/C11H19NO4/c1-11(2,3)16-10(15)12-6-4-5-8(12)9(14)7-13/h8,13H,4-7H2,1-3H3/t8-/m1/s1. The number of rotatable bonds is 2. The van der Waals surface area contributed by atoms with Crippen LogP contribution in [-0.2, 0) is 9.53 Å². The van der Waals surface area contributed by atoms with Gasteiger partial charge in [0.2, 0.25) is 0 Å². The Morgan fingerprint density at radius 2 is 2.06 bits per heavy atom. The first kappa shape index (κ1) is 13.0. The summed E-state index contributed by atoms with van der Waals surface area (Å²) in [4.78, 5) is 24.6. The van der Waals surface area contributed by atoms with E-state index in [9.17, 15) is 9.59 Å². The molecule has 0 spiro atoms. The molecule has 0 aromatic rings. The molecule has 0 radical (unpaired) electrons. The summed E-state index contributed by atoms with van der Waals surface area (Å²) in [7, 11) is 0. The highest BCUT2D eigenvalue weighted by molar-refractivity contribution is 5.88. The zero-order valence-corrected chi connectivity index (χ0v) is 10.0. The maximum Gasteiger partial charge on any atom is 0.410 e. The van der Waals surface area contributed by atoms with Crippen LogP contribution in [0.2, 0.25) is 0 Å². The van der Waals surface area contributed by atoms with Gasteiger partial charge in [-0.3, -0.25) is 9.69 Å². The van der Waals surface area contributed by atoms with E-state index < -0.39 is 24.3 Å². The van der Waals surface area contributed by atoms with Gasteiger partial charge in [-0.2, -0.15) is 0 Å². The van der Waals surface area contributed by atoms with Gasteiger partial charge in [-0.25, -0.2) is 4.79 Å². The number of nitrogens with zero attached hydrogens (tertiary/aromatic N) is 1. The normalized spacial score (nSPS) is 21.0. The summed E-state index contributed by atoms with van der Waals surface area (Å²) in [6, 6.07) is -0.514. The molecular weight excluding hydrogens is 210 g/mol. The number of carbonyl (C=O) groups excluding carboxylic acids is 2. The van der Waals surface area contributed by atoms with Gasteiger partial charge in [0, 0.05) is 6.54 Å². The number of aliphatic hydroxyl groups excluding tert-OH is 1. The molecule has 0 bridgehead atoms. The number of aliphatic hydroxyl groups is 1. The average Bonchev–Trinajstić information content (AvgIpc) is 2.62. The number of likely N-dealkylation sites (tertiary alicyclic amines) is 1. The molecule has 1 N–H and O–H groups in total. The molecule has 1 rings (SSSR count). The van der Waals surface area contributed by atoms with Crippen LogP contribution in [0.15, 0.2) is 0 Å². The molecule has 5 nitrogen and oxygen atoms in total. The van der Waals surface area contributed by atoms with Crippen molar-refractivity contribution in [2.75, 3.05) is 13.2 Å². The van der Waals surface area contributed by atoms with Crippen LogP contribution in [0.25, 0.3) is 0 Å². The molecule has 0 aromatic heterocycles. The molecule has 5 heteroatoms. The second-order valence-corrected chi connectivity index (χ2v) is 4.96. The minimum atomic E-state index is -0.563. The van der Waals surface area contributed by atoms with E-state index in [0.717, 1.165) is 6.42 Å². The topological polar surface area (TPSA) is 66.8 Å². The van der Waals surface area contributed by atoms with E-state index in [1.54, 1.807) is 20.8 Å². The number of hydrogen-bond donors (Lipinski definition) is 1. The first-order chi connectivity index (χ1) is 7.35. The van der Waals surface area contributed by atoms with Gasteiger partial charge in [-0.05, 0) is 33.6 Å². The molecule has 1 aliphatic rings. The number of amides is 1. The van der Waals surface area contributed by atoms with Crippen molar-refractivity contribution in [1.29, 1.82) is 0 Å². The number of ether oxygens (including phenoxy) is 1. The third kappa shape index (κ3) is 3.20. The largest absolute Gasteiger partial charge is 0.444 e. The number of ketones is 1. The van der Waals surface area contributed by atoms with Crippen LogP contribution in [0.4, 0.5) is 4.79 Å². The lowest BCUT2D eigenvalue weighted by atomic mass is 10.1. The number of carbonyl (C=O) groups is 2. The van der Waals surface area contributed by atoms with Gasteiger partial charge in [-0.1, -0.05) is 0 Å². The van der Waals surface area contributed by atoms with E-state index in [-0.39, 0.29) is 5.78 Å². The lowest BCUT2D eigenvalue weighted by molar-refractivity contribution is -0.126. The van der Waals surface area contributed by atoms with Crippen LogP contribution in [0.1, 0.15) is 33.6 Å². The maximum atomic E-state index is 11.8. The first-order valence-electron chi connectivity index (χ1n) is 5.48. The fourth-order valence-corrected chi connectivity index (χ4v) is 1.75. The maximum absolute atomic E-state index is 11.8. The summed E-state index contributed by atoms with van der Waals surface area (Å²) < 4.78 is 5.20. The zero-order valence-electron chi connectivity index (χ0n) is 10.0. The van der Waals surface area contributed by atoms with E-state index in [1.807, 2.05) is 0 Å². The second-order valence-electron chi connectivity index (χ2n) is 4.96. The van der Waals surface area contributed by atoms with E-state index >= 15 is 0 Å². The van der Waals surface area contributed by atoms with Crippen LogP contribution in [-0.4, -0.2) is 46.7 Å². The number of hydrogen-bond acceptors (Lipinski definition) is 4. The molecule has 0 aromatic carbocycles. The van der Waals surface area contributed by atoms with Gasteiger partial charge < -0.3 is 9.84 Å². The van der Waals surface area contributed by atoms with Crippen LogP contribution in [0.3, 0.4) is 0 Å². The zero-order chi connectivity index (χ0) is 12.3. The van der Waals surface area contributed by atoms with E-state index in [1.165, 1.54) is 4.90 Å². The highest BCUT2D eigenvalue weighted by atomic mass is 16.6. The Morgan fingerprint density at radius 1 is 1.44 bits per heavy atom. The fraction of sp³-hybridized carbons (Fsp3) is 0.818. The molecule has 1 saturated heterocycles. The minimum absolute atomic E-state index is 0.316. The predicted octanol–water partition coefficient (Wildman–Crippen LogP) is 0.947. The van der Waals surface area contributed by atoms with Crippen molar-refractivity contribution in [1.82, 2.24) is 4.90 Å². The summed E-state index contributed by atoms with van der Waals surface area (Å²) in [5.74, 6) is -0.316. The van der Waals surface area contributed by atoms with Gasteiger partial charge in [-0.15, -0.1) is 0 Å². The molecule has 1 aliphatic heterocycles. The summed E-state index contributed by atoms with van der Waals surface area (Å²) in [5, 5.41) is 8.80. The molecule has 1 fully saturated rings. The molecule has 92 valence electrons. The van der Waals surface area contributed by atoms with E-state index in [4.69, 9.17) is 9.84 Å². The predicted molar refractivity (Wildman–Crippen MR) is 58.1 cm³/mol. The Hall–Kier alpha value is -1.10. The summed E-state index contributed by atoms with van der Waals surface area (Å²) >= 11 is 0. The SMILES string of the molecule is CC(C)(C)OC(=O)N1CCC[C@@H]1C(=O)CO. The van der Waals surface area contributed by atoms with Crippen molar-refractivity contribution in [3.8, 4) is 0 Å².